The number of hydrogen-bond acceptors (Lipinski definition) is 6. The molecule has 218 valence electrons. The largest absolute Gasteiger partial charge is 0.573 e. The van der Waals surface area contributed by atoms with Gasteiger partial charge in [0.2, 0.25) is 0 Å². The summed E-state index contributed by atoms with van der Waals surface area (Å²) in [5.41, 5.74) is 4.48. The number of carbonyl (C=O) groups is 1. The smallest absolute Gasteiger partial charge is 0.489 e. The molecule has 3 N–H and O–H groups in total. The van der Waals surface area contributed by atoms with E-state index in [-0.39, 0.29) is 18.4 Å². The van der Waals surface area contributed by atoms with Crippen molar-refractivity contribution in [3.63, 3.8) is 0 Å². The highest BCUT2D eigenvalue weighted by Gasteiger charge is 2.31. The molecule has 8 nitrogen and oxygen atoms in total. The molecule has 42 heavy (non-hydrogen) atoms. The molecule has 2 amide bonds. The molecule has 5 rings (SSSR count). The van der Waals surface area contributed by atoms with Crippen LogP contribution in [0.5, 0.6) is 11.5 Å². The van der Waals surface area contributed by atoms with Gasteiger partial charge in [-0.05, 0) is 76.9 Å². The molecule has 1 saturated heterocycles. The molecule has 1 aliphatic heterocycles. The number of nitrogens with zero attached hydrogens (tertiary/aromatic N) is 2. The number of halogens is 3. The molecule has 2 heterocycles. The lowest BCUT2D eigenvalue weighted by Gasteiger charge is -2.29. The maximum atomic E-state index is 13.0. The topological polar surface area (TPSA) is 87.8 Å². The molecule has 3 aromatic carbocycles. The van der Waals surface area contributed by atoms with Crippen LogP contribution in [0.15, 0.2) is 91.3 Å². The van der Waals surface area contributed by atoms with Crippen LogP contribution in [0.1, 0.15) is 11.1 Å². The van der Waals surface area contributed by atoms with Crippen molar-refractivity contribution in [2.75, 3.05) is 36.4 Å². The maximum absolute atomic E-state index is 13.0. The van der Waals surface area contributed by atoms with Crippen molar-refractivity contribution in [1.29, 1.82) is 0 Å². The number of anilines is 2. The molecule has 0 radical (unpaired) electrons. The maximum Gasteiger partial charge on any atom is 0.573 e. The van der Waals surface area contributed by atoms with Gasteiger partial charge >= 0.3 is 12.4 Å². The Bertz CT molecular complexity index is 1480. The first-order chi connectivity index (χ1) is 20.3. The summed E-state index contributed by atoms with van der Waals surface area (Å²) in [5.74, 6) is 0.235. The van der Waals surface area contributed by atoms with Gasteiger partial charge < -0.3 is 30.3 Å². The predicted octanol–water partition coefficient (Wildman–Crippen LogP) is 5.96. The van der Waals surface area contributed by atoms with Crippen LogP contribution in [-0.4, -0.2) is 43.6 Å². The van der Waals surface area contributed by atoms with Crippen LogP contribution in [0.3, 0.4) is 0 Å². The first-order valence-corrected chi connectivity index (χ1v) is 13.4. The molecule has 0 aliphatic carbocycles. The number of aromatic nitrogens is 1. The molecular weight excluding hydrogens is 547 g/mol. The number of piperazine rings is 1. The number of nitrogens with one attached hydrogen (secondary N) is 3. The fourth-order valence-electron chi connectivity index (χ4n) is 4.60. The SMILES string of the molecule is O=C(NCc1cccnc1)Nc1ccc(OCc2ccc(OC(F)(F)F)cc2-c2cccc(N3CCNCC3)c2)cc1. The Labute approximate surface area is 241 Å². The summed E-state index contributed by atoms with van der Waals surface area (Å²) in [6.45, 7) is 3.86. The van der Waals surface area contributed by atoms with Crippen LogP contribution >= 0.6 is 0 Å². The van der Waals surface area contributed by atoms with Gasteiger partial charge in [-0.2, -0.15) is 0 Å². The summed E-state index contributed by atoms with van der Waals surface area (Å²) >= 11 is 0. The summed E-state index contributed by atoms with van der Waals surface area (Å²) in [7, 11) is 0. The van der Waals surface area contributed by atoms with Crippen LogP contribution in [0, 0.1) is 0 Å². The molecule has 0 saturated carbocycles. The fraction of sp³-hybridized carbons (Fsp3) is 0.226. The summed E-state index contributed by atoms with van der Waals surface area (Å²) in [4.78, 5) is 18.5. The number of urea groups is 1. The molecule has 1 fully saturated rings. The lowest BCUT2D eigenvalue weighted by atomic mass is 9.99. The first kappa shape index (κ1) is 28.7. The molecule has 0 unspecified atom stereocenters. The minimum Gasteiger partial charge on any atom is -0.489 e. The molecule has 1 aromatic heterocycles. The van der Waals surface area contributed by atoms with Crippen LogP contribution < -0.4 is 30.3 Å². The molecular formula is C31H30F3N5O3. The van der Waals surface area contributed by atoms with Crippen molar-refractivity contribution in [3.8, 4) is 22.6 Å². The number of ether oxygens (including phenoxy) is 2. The van der Waals surface area contributed by atoms with Gasteiger partial charge in [0.1, 0.15) is 18.1 Å². The Morgan fingerprint density at radius 3 is 2.48 bits per heavy atom. The van der Waals surface area contributed by atoms with Gasteiger partial charge in [-0.1, -0.05) is 24.3 Å². The van der Waals surface area contributed by atoms with Crippen LogP contribution in [-0.2, 0) is 13.2 Å². The Kier molecular flexibility index (Phi) is 9.08. The van der Waals surface area contributed by atoms with Crippen LogP contribution in [0.25, 0.3) is 11.1 Å². The molecule has 0 spiro atoms. The second-order valence-corrected chi connectivity index (χ2v) is 9.64. The highest BCUT2D eigenvalue weighted by Crippen LogP contribution is 2.33. The van der Waals surface area contributed by atoms with E-state index in [1.807, 2.05) is 30.3 Å². The van der Waals surface area contributed by atoms with E-state index in [9.17, 15) is 18.0 Å². The third kappa shape index (κ3) is 8.14. The fourth-order valence-corrected chi connectivity index (χ4v) is 4.60. The summed E-state index contributed by atoms with van der Waals surface area (Å²) in [6, 6.07) is 22.1. The average Bonchev–Trinajstić information content (AvgIpc) is 3.00. The lowest BCUT2D eigenvalue weighted by molar-refractivity contribution is -0.274. The molecule has 0 atom stereocenters. The van der Waals surface area contributed by atoms with Crippen LogP contribution in [0.2, 0.25) is 0 Å². The van der Waals surface area contributed by atoms with E-state index in [1.165, 1.54) is 12.1 Å². The van der Waals surface area contributed by atoms with Gasteiger partial charge in [-0.25, -0.2) is 4.79 Å². The van der Waals surface area contributed by atoms with E-state index in [1.54, 1.807) is 48.8 Å². The van der Waals surface area contributed by atoms with Crippen molar-refractivity contribution in [1.82, 2.24) is 15.6 Å². The zero-order valence-electron chi connectivity index (χ0n) is 22.7. The van der Waals surface area contributed by atoms with E-state index in [0.29, 0.717) is 29.1 Å². The van der Waals surface area contributed by atoms with Crippen molar-refractivity contribution in [3.05, 3.63) is 102 Å². The number of rotatable bonds is 9. The van der Waals surface area contributed by atoms with Gasteiger partial charge in [0.05, 0.1) is 0 Å². The predicted molar refractivity (Wildman–Crippen MR) is 155 cm³/mol. The summed E-state index contributed by atoms with van der Waals surface area (Å²) < 4.78 is 49.2. The van der Waals surface area contributed by atoms with E-state index in [4.69, 9.17) is 4.74 Å². The third-order valence-electron chi connectivity index (χ3n) is 6.64. The lowest BCUT2D eigenvalue weighted by Crippen LogP contribution is -2.43. The highest BCUT2D eigenvalue weighted by atomic mass is 19.4. The van der Waals surface area contributed by atoms with E-state index in [0.717, 1.165) is 43.0 Å². The van der Waals surface area contributed by atoms with E-state index >= 15 is 0 Å². The van der Waals surface area contributed by atoms with Gasteiger partial charge in [0.15, 0.2) is 0 Å². The third-order valence-corrected chi connectivity index (χ3v) is 6.64. The Hall–Kier alpha value is -4.77. The quantitative estimate of drug-likeness (QED) is 0.228. The van der Waals surface area contributed by atoms with Gasteiger partial charge in [0, 0.05) is 56.5 Å². The normalized spacial score (nSPS) is 13.4. The summed E-state index contributed by atoms with van der Waals surface area (Å²) in [6.07, 6.45) is -1.46. The first-order valence-electron chi connectivity index (χ1n) is 13.4. The average molecular weight is 578 g/mol. The number of benzene rings is 3. The minimum absolute atomic E-state index is 0.109. The second-order valence-electron chi connectivity index (χ2n) is 9.64. The zero-order chi connectivity index (χ0) is 29.4. The Morgan fingerprint density at radius 2 is 1.74 bits per heavy atom. The van der Waals surface area contributed by atoms with Gasteiger partial charge in [0.25, 0.3) is 0 Å². The molecule has 0 bridgehead atoms. The van der Waals surface area contributed by atoms with E-state index in [2.05, 4.69) is 30.6 Å². The van der Waals surface area contributed by atoms with Gasteiger partial charge in [-0.3, -0.25) is 4.98 Å². The van der Waals surface area contributed by atoms with Crippen molar-refractivity contribution in [2.45, 2.75) is 19.5 Å². The summed E-state index contributed by atoms with van der Waals surface area (Å²) in [5, 5.41) is 8.85. The monoisotopic (exact) mass is 577 g/mol. The molecule has 1 aliphatic rings. The van der Waals surface area contributed by atoms with Gasteiger partial charge in [-0.15, -0.1) is 13.2 Å². The van der Waals surface area contributed by atoms with Crippen molar-refractivity contribution >= 4 is 17.4 Å². The van der Waals surface area contributed by atoms with Crippen molar-refractivity contribution < 1.29 is 27.4 Å². The Morgan fingerprint density at radius 1 is 0.952 bits per heavy atom. The highest BCUT2D eigenvalue weighted by molar-refractivity contribution is 5.89. The standard InChI is InChI=1S/C31H30F3N5O3/c32-31(33,34)42-28-9-6-24(29(18-28)23-4-1-5-26(17-23)39-15-13-35-14-16-39)21-41-27-10-7-25(8-11-27)38-30(40)37-20-22-3-2-12-36-19-22/h1-12,17-19,35H,13-16,20-21H2,(H2,37,38,40). The molecule has 4 aromatic rings. The minimum atomic E-state index is -4.80. The van der Waals surface area contributed by atoms with Crippen LogP contribution in [0.4, 0.5) is 29.3 Å². The molecule has 11 heteroatoms. The number of alkyl halides is 3. The zero-order valence-corrected chi connectivity index (χ0v) is 22.7. The number of hydrogen-bond donors (Lipinski definition) is 3. The number of carbonyl (C=O) groups excluding carboxylic acids is 1. The van der Waals surface area contributed by atoms with Crippen molar-refractivity contribution in [2.24, 2.45) is 0 Å². The van der Waals surface area contributed by atoms with E-state index < -0.39 is 6.36 Å². The Balaban J connectivity index is 1.27. The second kappa shape index (κ2) is 13.3. The number of amides is 2. The number of pyridine rings is 1.